The summed E-state index contributed by atoms with van der Waals surface area (Å²) in [6.45, 7) is -0.995. The maximum atomic E-state index is 11.9. The Morgan fingerprint density at radius 2 is 2.21 bits per heavy atom. The van der Waals surface area contributed by atoms with E-state index in [0.717, 1.165) is 16.6 Å². The molecule has 0 bridgehead atoms. The SMILES string of the molecule is Cc1n[nH]c2ccc(OC(F)F)cc12. The molecule has 0 aliphatic carbocycles. The van der Waals surface area contributed by atoms with Gasteiger partial charge < -0.3 is 4.74 Å². The van der Waals surface area contributed by atoms with Crippen molar-refractivity contribution in [2.45, 2.75) is 13.5 Å². The predicted molar refractivity (Wildman–Crippen MR) is 47.5 cm³/mol. The van der Waals surface area contributed by atoms with Crippen molar-refractivity contribution in [1.29, 1.82) is 0 Å². The van der Waals surface area contributed by atoms with Gasteiger partial charge >= 0.3 is 6.61 Å². The molecule has 1 N–H and O–H groups in total. The lowest BCUT2D eigenvalue weighted by Crippen LogP contribution is -2.01. The molecule has 74 valence electrons. The molecule has 0 spiro atoms. The molecule has 0 unspecified atom stereocenters. The molecule has 0 radical (unpaired) electrons. The predicted octanol–water partition coefficient (Wildman–Crippen LogP) is 2.47. The van der Waals surface area contributed by atoms with Crippen molar-refractivity contribution < 1.29 is 13.5 Å². The van der Waals surface area contributed by atoms with Crippen LogP contribution in [0.25, 0.3) is 10.9 Å². The van der Waals surface area contributed by atoms with Crippen LogP contribution in [-0.2, 0) is 0 Å². The highest BCUT2D eigenvalue weighted by molar-refractivity contribution is 5.82. The van der Waals surface area contributed by atoms with Gasteiger partial charge in [0.1, 0.15) is 5.75 Å². The van der Waals surface area contributed by atoms with E-state index in [-0.39, 0.29) is 5.75 Å². The topological polar surface area (TPSA) is 37.9 Å². The lowest BCUT2D eigenvalue weighted by Gasteiger charge is -2.03. The van der Waals surface area contributed by atoms with Crippen LogP contribution in [0.5, 0.6) is 5.75 Å². The second-order valence-corrected chi connectivity index (χ2v) is 2.89. The van der Waals surface area contributed by atoms with Crippen molar-refractivity contribution in [3.8, 4) is 5.75 Å². The van der Waals surface area contributed by atoms with Crippen molar-refractivity contribution in [3.63, 3.8) is 0 Å². The van der Waals surface area contributed by atoms with Crippen LogP contribution in [0.15, 0.2) is 18.2 Å². The minimum atomic E-state index is -2.79. The number of nitrogens with zero attached hydrogens (tertiary/aromatic N) is 1. The Hall–Kier alpha value is -1.65. The molecule has 0 fully saturated rings. The highest BCUT2D eigenvalue weighted by Gasteiger charge is 2.06. The minimum absolute atomic E-state index is 0.150. The Morgan fingerprint density at radius 1 is 1.43 bits per heavy atom. The van der Waals surface area contributed by atoms with Crippen LogP contribution >= 0.6 is 0 Å². The summed E-state index contributed by atoms with van der Waals surface area (Å²) < 4.78 is 28.1. The highest BCUT2D eigenvalue weighted by Crippen LogP contribution is 2.22. The first-order valence-corrected chi connectivity index (χ1v) is 4.06. The van der Waals surface area contributed by atoms with Crippen molar-refractivity contribution in [1.82, 2.24) is 10.2 Å². The quantitative estimate of drug-likeness (QED) is 0.804. The van der Waals surface area contributed by atoms with Crippen LogP contribution in [0.4, 0.5) is 8.78 Å². The van der Waals surface area contributed by atoms with E-state index < -0.39 is 6.61 Å². The summed E-state index contributed by atoms with van der Waals surface area (Å²) in [5, 5.41) is 7.52. The van der Waals surface area contributed by atoms with E-state index >= 15 is 0 Å². The molecular formula is C9H8F2N2O. The lowest BCUT2D eigenvalue weighted by atomic mass is 10.2. The smallest absolute Gasteiger partial charge is 0.387 e. The van der Waals surface area contributed by atoms with Gasteiger partial charge in [0.15, 0.2) is 0 Å². The molecule has 14 heavy (non-hydrogen) atoms. The number of ether oxygens (including phenoxy) is 1. The van der Waals surface area contributed by atoms with E-state index in [1.165, 1.54) is 6.07 Å². The Kier molecular flexibility index (Phi) is 2.07. The van der Waals surface area contributed by atoms with Crippen molar-refractivity contribution >= 4 is 10.9 Å². The van der Waals surface area contributed by atoms with Gasteiger partial charge in [-0.15, -0.1) is 0 Å². The van der Waals surface area contributed by atoms with Gasteiger partial charge in [-0.1, -0.05) is 0 Å². The minimum Gasteiger partial charge on any atom is -0.435 e. The Labute approximate surface area is 78.7 Å². The molecule has 0 aliphatic heterocycles. The summed E-state index contributed by atoms with van der Waals surface area (Å²) in [6, 6.07) is 4.68. The Morgan fingerprint density at radius 3 is 2.93 bits per heavy atom. The summed E-state index contributed by atoms with van der Waals surface area (Å²) >= 11 is 0. The standard InChI is InChI=1S/C9H8F2N2O/c1-5-7-4-6(14-9(10)11)2-3-8(7)13-12-5/h2-4,9H,1H3,(H,12,13). The van der Waals surface area contributed by atoms with Gasteiger partial charge in [-0.05, 0) is 25.1 Å². The Bertz CT molecular complexity index is 453. The number of benzene rings is 1. The largest absolute Gasteiger partial charge is 0.435 e. The van der Waals surface area contributed by atoms with Gasteiger partial charge in [0.05, 0.1) is 11.2 Å². The first kappa shape index (κ1) is 8.93. The van der Waals surface area contributed by atoms with Crippen LogP contribution in [-0.4, -0.2) is 16.8 Å². The van der Waals surface area contributed by atoms with Gasteiger partial charge in [-0.2, -0.15) is 13.9 Å². The number of hydrogen-bond donors (Lipinski definition) is 1. The molecular weight excluding hydrogens is 190 g/mol. The fourth-order valence-corrected chi connectivity index (χ4v) is 1.30. The second-order valence-electron chi connectivity index (χ2n) is 2.89. The van der Waals surface area contributed by atoms with E-state index in [2.05, 4.69) is 14.9 Å². The first-order chi connectivity index (χ1) is 6.66. The number of H-pyrrole nitrogens is 1. The lowest BCUT2D eigenvalue weighted by molar-refractivity contribution is -0.0497. The number of aromatic nitrogens is 2. The summed E-state index contributed by atoms with van der Waals surface area (Å²) in [6.07, 6.45) is 0. The van der Waals surface area contributed by atoms with Gasteiger partial charge in [-0.25, -0.2) is 0 Å². The fourth-order valence-electron chi connectivity index (χ4n) is 1.30. The number of aromatic amines is 1. The zero-order chi connectivity index (χ0) is 10.1. The molecule has 0 aliphatic rings. The molecule has 1 aromatic heterocycles. The van der Waals surface area contributed by atoms with E-state index in [4.69, 9.17) is 0 Å². The molecule has 5 heteroatoms. The number of hydrogen-bond acceptors (Lipinski definition) is 2. The number of rotatable bonds is 2. The first-order valence-electron chi connectivity index (χ1n) is 4.06. The number of aryl methyl sites for hydroxylation is 1. The number of halogens is 2. The van der Waals surface area contributed by atoms with Crippen molar-refractivity contribution in [3.05, 3.63) is 23.9 Å². The maximum absolute atomic E-state index is 11.9. The van der Waals surface area contributed by atoms with Crippen molar-refractivity contribution in [2.75, 3.05) is 0 Å². The zero-order valence-corrected chi connectivity index (χ0v) is 7.42. The third kappa shape index (κ3) is 1.53. The molecule has 0 saturated heterocycles. The maximum Gasteiger partial charge on any atom is 0.387 e. The van der Waals surface area contributed by atoms with E-state index in [0.29, 0.717) is 0 Å². The monoisotopic (exact) mass is 198 g/mol. The average Bonchev–Trinajstić information content (AvgIpc) is 2.47. The normalized spacial score (nSPS) is 11.1. The number of nitrogens with one attached hydrogen (secondary N) is 1. The van der Waals surface area contributed by atoms with E-state index in [9.17, 15) is 8.78 Å². The van der Waals surface area contributed by atoms with E-state index in [1.807, 2.05) is 0 Å². The van der Waals surface area contributed by atoms with E-state index in [1.54, 1.807) is 19.1 Å². The summed E-state index contributed by atoms with van der Waals surface area (Å²) in [4.78, 5) is 0. The third-order valence-electron chi connectivity index (χ3n) is 1.95. The van der Waals surface area contributed by atoms with Crippen LogP contribution in [0.1, 0.15) is 5.69 Å². The molecule has 0 amide bonds. The van der Waals surface area contributed by atoms with Crippen LogP contribution in [0.3, 0.4) is 0 Å². The Balaban J connectivity index is 2.44. The van der Waals surface area contributed by atoms with Crippen LogP contribution in [0.2, 0.25) is 0 Å². The number of fused-ring (bicyclic) bond motifs is 1. The summed E-state index contributed by atoms with van der Waals surface area (Å²) in [7, 11) is 0. The fraction of sp³-hybridized carbons (Fsp3) is 0.222. The highest BCUT2D eigenvalue weighted by atomic mass is 19.3. The zero-order valence-electron chi connectivity index (χ0n) is 7.42. The molecule has 1 aromatic carbocycles. The number of alkyl halides is 2. The van der Waals surface area contributed by atoms with Gasteiger partial charge in [0, 0.05) is 5.39 Å². The summed E-state index contributed by atoms with van der Waals surface area (Å²) in [5.41, 5.74) is 1.57. The van der Waals surface area contributed by atoms with Gasteiger partial charge in [0.2, 0.25) is 0 Å². The molecule has 3 nitrogen and oxygen atoms in total. The third-order valence-corrected chi connectivity index (χ3v) is 1.95. The molecule has 1 heterocycles. The van der Waals surface area contributed by atoms with Crippen LogP contribution in [0, 0.1) is 6.92 Å². The van der Waals surface area contributed by atoms with Crippen molar-refractivity contribution in [2.24, 2.45) is 0 Å². The van der Waals surface area contributed by atoms with Gasteiger partial charge in [-0.3, -0.25) is 5.10 Å². The second kappa shape index (κ2) is 3.25. The van der Waals surface area contributed by atoms with Gasteiger partial charge in [0.25, 0.3) is 0 Å². The molecule has 0 saturated carbocycles. The summed E-state index contributed by atoms with van der Waals surface area (Å²) in [5.74, 6) is 0.150. The molecule has 2 rings (SSSR count). The molecule has 0 atom stereocenters. The average molecular weight is 198 g/mol. The molecule has 2 aromatic rings. The van der Waals surface area contributed by atoms with Crippen LogP contribution < -0.4 is 4.74 Å².